The summed E-state index contributed by atoms with van der Waals surface area (Å²) in [5.74, 6) is -0.719. The van der Waals surface area contributed by atoms with Gasteiger partial charge in [0, 0.05) is 6.07 Å². The van der Waals surface area contributed by atoms with E-state index < -0.39 is 17.0 Å². The van der Waals surface area contributed by atoms with Crippen LogP contribution in [0.2, 0.25) is 5.02 Å². The normalized spacial score (nSPS) is 18.6. The lowest BCUT2D eigenvalue weighted by Crippen LogP contribution is -2.13. The molecule has 0 spiro atoms. The number of ether oxygens (including phenoxy) is 2. The maximum atomic E-state index is 13.7. The first kappa shape index (κ1) is 17.1. The predicted molar refractivity (Wildman–Crippen MR) is 80.4 cm³/mol. The minimum absolute atomic E-state index is 0.0751. The van der Waals surface area contributed by atoms with Crippen LogP contribution >= 0.6 is 11.6 Å². The van der Waals surface area contributed by atoms with E-state index in [1.54, 1.807) is 0 Å². The van der Waals surface area contributed by atoms with Crippen molar-refractivity contribution in [3.05, 3.63) is 38.7 Å². The number of nitro benzene ring substituents is 1. The molecule has 1 saturated heterocycles. The van der Waals surface area contributed by atoms with Crippen molar-refractivity contribution in [3.8, 4) is 0 Å². The Balaban J connectivity index is 2.25. The molecule has 1 fully saturated rings. The zero-order valence-electron chi connectivity index (χ0n) is 12.2. The van der Waals surface area contributed by atoms with E-state index in [-0.39, 0.29) is 16.3 Å². The molecule has 1 aliphatic heterocycles. The first-order valence-corrected chi connectivity index (χ1v) is 7.84. The molecule has 0 atom stereocenters. The molecule has 122 valence electrons. The van der Waals surface area contributed by atoms with Crippen LogP contribution in [0.15, 0.2) is 12.1 Å². The molecule has 1 aromatic rings. The number of rotatable bonds is 2. The van der Waals surface area contributed by atoms with E-state index in [0.717, 1.165) is 50.7 Å². The molecule has 0 unspecified atom stereocenters. The van der Waals surface area contributed by atoms with Gasteiger partial charge in [-0.1, -0.05) is 37.3 Å². The van der Waals surface area contributed by atoms with Crippen molar-refractivity contribution >= 4 is 17.3 Å². The Bertz CT molecular complexity index is 515. The third kappa shape index (κ3) is 4.63. The van der Waals surface area contributed by atoms with Crippen LogP contribution in [-0.2, 0) is 9.47 Å². The number of halogens is 2. The summed E-state index contributed by atoms with van der Waals surface area (Å²) in [6.45, 7) is 0.845. The van der Waals surface area contributed by atoms with E-state index in [0.29, 0.717) is 13.2 Å². The van der Waals surface area contributed by atoms with Crippen LogP contribution in [0.5, 0.6) is 0 Å². The standard InChI is InChI=1S/C15H19ClFNO4/c16-12-10-14(18(19)20)11(9-13(12)17)15-21-7-5-3-1-2-4-6-8-22-15/h9-10,15H,1-8H2. The Morgan fingerprint density at radius 2 is 1.64 bits per heavy atom. The number of hydrogen-bond donors (Lipinski definition) is 0. The van der Waals surface area contributed by atoms with Crippen molar-refractivity contribution < 1.29 is 18.8 Å². The largest absolute Gasteiger partial charge is 0.348 e. The maximum Gasteiger partial charge on any atom is 0.279 e. The van der Waals surface area contributed by atoms with Gasteiger partial charge in [-0.2, -0.15) is 0 Å². The van der Waals surface area contributed by atoms with Gasteiger partial charge in [0.25, 0.3) is 5.69 Å². The van der Waals surface area contributed by atoms with Gasteiger partial charge in [-0.25, -0.2) is 4.39 Å². The molecule has 0 aliphatic carbocycles. The van der Waals surface area contributed by atoms with Crippen molar-refractivity contribution in [2.75, 3.05) is 13.2 Å². The summed E-state index contributed by atoms with van der Waals surface area (Å²) in [6, 6.07) is 2.04. The number of hydrogen-bond acceptors (Lipinski definition) is 4. The van der Waals surface area contributed by atoms with Gasteiger partial charge in [-0.3, -0.25) is 10.1 Å². The fraction of sp³-hybridized carbons (Fsp3) is 0.600. The molecule has 0 radical (unpaired) electrons. The minimum atomic E-state index is -0.940. The zero-order valence-corrected chi connectivity index (χ0v) is 13.0. The molecule has 0 aromatic heterocycles. The van der Waals surface area contributed by atoms with Gasteiger partial charge in [0.15, 0.2) is 6.29 Å². The molecule has 2 rings (SSSR count). The van der Waals surface area contributed by atoms with Crippen LogP contribution in [0, 0.1) is 15.9 Å². The highest BCUT2D eigenvalue weighted by Gasteiger charge is 2.26. The summed E-state index contributed by atoms with van der Waals surface area (Å²) in [4.78, 5) is 10.6. The van der Waals surface area contributed by atoms with Crippen LogP contribution in [0.25, 0.3) is 0 Å². The molecule has 0 amide bonds. The molecular formula is C15H19ClFNO4. The minimum Gasteiger partial charge on any atom is -0.348 e. The van der Waals surface area contributed by atoms with Gasteiger partial charge >= 0.3 is 0 Å². The van der Waals surface area contributed by atoms with Crippen molar-refractivity contribution in [1.29, 1.82) is 0 Å². The Morgan fingerprint density at radius 3 is 2.18 bits per heavy atom. The van der Waals surface area contributed by atoms with Gasteiger partial charge in [0.1, 0.15) is 5.82 Å². The van der Waals surface area contributed by atoms with Crippen LogP contribution in [0.3, 0.4) is 0 Å². The monoisotopic (exact) mass is 331 g/mol. The van der Waals surface area contributed by atoms with E-state index in [2.05, 4.69) is 0 Å². The predicted octanol–water partition coefficient (Wildman–Crippen LogP) is 4.77. The molecule has 1 aromatic carbocycles. The highest BCUT2D eigenvalue weighted by Crippen LogP contribution is 2.33. The second-order valence-corrected chi connectivity index (χ2v) is 5.68. The van der Waals surface area contributed by atoms with E-state index >= 15 is 0 Å². The summed E-state index contributed by atoms with van der Waals surface area (Å²) >= 11 is 5.64. The quantitative estimate of drug-likeness (QED) is 0.578. The summed E-state index contributed by atoms with van der Waals surface area (Å²) in [5.41, 5.74) is -0.211. The van der Waals surface area contributed by atoms with Crippen molar-refractivity contribution in [3.63, 3.8) is 0 Å². The van der Waals surface area contributed by atoms with Gasteiger partial charge in [0.2, 0.25) is 0 Å². The molecule has 7 heteroatoms. The Hall–Kier alpha value is -1.24. The first-order valence-electron chi connectivity index (χ1n) is 7.46. The van der Waals surface area contributed by atoms with E-state index in [1.165, 1.54) is 0 Å². The van der Waals surface area contributed by atoms with Crippen molar-refractivity contribution in [1.82, 2.24) is 0 Å². The molecule has 0 saturated carbocycles. The number of nitro groups is 1. The van der Waals surface area contributed by atoms with Crippen molar-refractivity contribution in [2.24, 2.45) is 0 Å². The Labute approximate surface area is 133 Å². The van der Waals surface area contributed by atoms with Crippen LogP contribution in [0.1, 0.15) is 50.4 Å². The Kier molecular flexibility index (Phi) is 6.54. The molecule has 0 bridgehead atoms. The topological polar surface area (TPSA) is 61.6 Å². The Morgan fingerprint density at radius 1 is 1.09 bits per heavy atom. The fourth-order valence-electron chi connectivity index (χ4n) is 2.42. The molecule has 5 nitrogen and oxygen atoms in total. The average molecular weight is 332 g/mol. The fourth-order valence-corrected chi connectivity index (χ4v) is 2.58. The van der Waals surface area contributed by atoms with Gasteiger partial charge in [-0.15, -0.1) is 0 Å². The lowest BCUT2D eigenvalue weighted by Gasteiger charge is -2.19. The molecular weight excluding hydrogens is 313 g/mol. The van der Waals surface area contributed by atoms with Gasteiger partial charge < -0.3 is 9.47 Å². The summed E-state index contributed by atoms with van der Waals surface area (Å²) in [6.07, 6.45) is 5.14. The lowest BCUT2D eigenvalue weighted by molar-refractivity contribution is -0.387. The second-order valence-electron chi connectivity index (χ2n) is 5.28. The van der Waals surface area contributed by atoms with Gasteiger partial charge in [-0.05, 0) is 18.9 Å². The lowest BCUT2D eigenvalue weighted by atomic mass is 10.1. The second kappa shape index (κ2) is 8.41. The molecule has 22 heavy (non-hydrogen) atoms. The smallest absolute Gasteiger partial charge is 0.279 e. The van der Waals surface area contributed by atoms with Crippen LogP contribution in [-0.4, -0.2) is 18.1 Å². The summed E-state index contributed by atoms with van der Waals surface area (Å²) in [5, 5.41) is 10.9. The zero-order chi connectivity index (χ0) is 15.9. The maximum absolute atomic E-state index is 13.7. The molecule has 1 aliphatic rings. The van der Waals surface area contributed by atoms with E-state index in [1.807, 2.05) is 0 Å². The average Bonchev–Trinajstić information content (AvgIpc) is 2.54. The third-order valence-corrected chi connectivity index (χ3v) is 3.89. The number of benzene rings is 1. The molecule has 1 heterocycles. The highest BCUT2D eigenvalue weighted by molar-refractivity contribution is 6.31. The van der Waals surface area contributed by atoms with E-state index in [9.17, 15) is 14.5 Å². The van der Waals surface area contributed by atoms with Crippen molar-refractivity contribution in [2.45, 2.75) is 44.8 Å². The third-order valence-electron chi connectivity index (χ3n) is 3.60. The molecule has 0 N–H and O–H groups in total. The summed E-state index contributed by atoms with van der Waals surface area (Å²) < 4.78 is 24.9. The SMILES string of the molecule is O=[N+]([O-])c1cc(Cl)c(F)cc1C1OCCCCCCCCO1. The summed E-state index contributed by atoms with van der Waals surface area (Å²) in [7, 11) is 0. The first-order chi connectivity index (χ1) is 10.6. The van der Waals surface area contributed by atoms with Crippen LogP contribution in [0.4, 0.5) is 10.1 Å². The van der Waals surface area contributed by atoms with Gasteiger partial charge in [0.05, 0.1) is 28.7 Å². The van der Waals surface area contributed by atoms with E-state index in [4.69, 9.17) is 21.1 Å². The highest BCUT2D eigenvalue weighted by atomic mass is 35.5. The van der Waals surface area contributed by atoms with Crippen LogP contribution < -0.4 is 0 Å². The number of nitrogens with zero attached hydrogens (tertiary/aromatic N) is 1.